The van der Waals surface area contributed by atoms with Gasteiger partial charge in [-0.25, -0.2) is 0 Å². The number of aryl methyl sites for hydroxylation is 3. The number of benzene rings is 3. The highest BCUT2D eigenvalue weighted by atomic mass is 35.5. The first-order valence-corrected chi connectivity index (χ1v) is 13.6. The standard InChI is InChI=1S/C30H28ClN3O2S/c1-19-12-20(2)29(21(3)13-19)33-17-34-28(35)14-25(26(15-32)30(34)37-18-33)22-8-10-24(11-9-22)36-16-23-6-4-5-7-27(23)31/h4-13,25H,14,16-18H2,1-3H3/t25-/m0/s1. The summed E-state index contributed by atoms with van der Waals surface area (Å²) in [5, 5.41) is 11.6. The Morgan fingerprint density at radius 1 is 1.08 bits per heavy atom. The lowest BCUT2D eigenvalue weighted by molar-refractivity contribution is -0.129. The summed E-state index contributed by atoms with van der Waals surface area (Å²) in [7, 11) is 0. The Labute approximate surface area is 227 Å². The van der Waals surface area contributed by atoms with Gasteiger partial charge in [-0.15, -0.1) is 0 Å². The third-order valence-corrected chi connectivity index (χ3v) is 8.40. The quantitative estimate of drug-likeness (QED) is 0.354. The number of rotatable bonds is 5. The molecule has 5 nitrogen and oxygen atoms in total. The number of carbonyl (C=O) groups is 1. The highest BCUT2D eigenvalue weighted by molar-refractivity contribution is 8.03. The first-order chi connectivity index (χ1) is 17.9. The van der Waals surface area contributed by atoms with Crippen molar-refractivity contribution >= 4 is 35.0 Å². The lowest BCUT2D eigenvalue weighted by Gasteiger charge is -2.43. The molecule has 0 aromatic heterocycles. The maximum Gasteiger partial charge on any atom is 0.229 e. The number of hydrogen-bond donors (Lipinski definition) is 0. The SMILES string of the molecule is Cc1cc(C)c(N2CSC3=C(C#N)[C@H](c4ccc(OCc5ccccc5Cl)cc4)CC(=O)N3C2)c(C)c1. The average molecular weight is 530 g/mol. The molecule has 0 aliphatic carbocycles. The number of ether oxygens (including phenoxy) is 1. The van der Waals surface area contributed by atoms with E-state index in [4.69, 9.17) is 16.3 Å². The van der Waals surface area contributed by atoms with Crippen molar-refractivity contribution in [3.05, 3.63) is 104 Å². The summed E-state index contributed by atoms with van der Waals surface area (Å²) < 4.78 is 5.91. The molecular weight excluding hydrogens is 502 g/mol. The second-order valence-electron chi connectivity index (χ2n) is 9.56. The lowest BCUT2D eigenvalue weighted by atomic mass is 9.86. The Hall–Kier alpha value is -3.40. The van der Waals surface area contributed by atoms with Crippen LogP contribution in [0.15, 0.2) is 71.3 Å². The van der Waals surface area contributed by atoms with Crippen molar-refractivity contribution in [3.8, 4) is 11.8 Å². The van der Waals surface area contributed by atoms with E-state index >= 15 is 0 Å². The number of amides is 1. The van der Waals surface area contributed by atoms with Gasteiger partial charge < -0.3 is 9.64 Å². The second kappa shape index (κ2) is 10.5. The van der Waals surface area contributed by atoms with Gasteiger partial charge in [0.25, 0.3) is 0 Å². The molecule has 1 saturated heterocycles. The van der Waals surface area contributed by atoms with E-state index in [2.05, 4.69) is 43.9 Å². The van der Waals surface area contributed by atoms with Crippen LogP contribution >= 0.6 is 23.4 Å². The molecule has 3 aromatic rings. The van der Waals surface area contributed by atoms with Crippen molar-refractivity contribution in [1.29, 1.82) is 5.26 Å². The van der Waals surface area contributed by atoms with Gasteiger partial charge in [0.2, 0.25) is 5.91 Å². The van der Waals surface area contributed by atoms with Gasteiger partial charge in [-0.1, -0.05) is 71.4 Å². The van der Waals surface area contributed by atoms with E-state index < -0.39 is 0 Å². The molecular formula is C30H28ClN3O2S. The number of fused-ring (bicyclic) bond motifs is 1. The molecule has 2 heterocycles. The van der Waals surface area contributed by atoms with E-state index in [1.165, 1.54) is 16.7 Å². The van der Waals surface area contributed by atoms with Gasteiger partial charge in [-0.3, -0.25) is 9.69 Å². The van der Waals surface area contributed by atoms with Gasteiger partial charge in [0, 0.05) is 28.6 Å². The minimum Gasteiger partial charge on any atom is -0.489 e. The van der Waals surface area contributed by atoms with Crippen molar-refractivity contribution in [3.63, 3.8) is 0 Å². The Balaban J connectivity index is 1.35. The van der Waals surface area contributed by atoms with Crippen LogP contribution in [0, 0.1) is 32.1 Å². The van der Waals surface area contributed by atoms with Crippen LogP contribution in [-0.4, -0.2) is 23.4 Å². The van der Waals surface area contributed by atoms with E-state index in [1.54, 1.807) is 16.7 Å². The van der Waals surface area contributed by atoms with Crippen LogP contribution in [0.25, 0.3) is 0 Å². The highest BCUT2D eigenvalue weighted by Crippen LogP contribution is 2.44. The number of thioether (sulfide) groups is 1. The number of nitrogens with zero attached hydrogens (tertiary/aromatic N) is 3. The normalized spacial score (nSPS) is 17.5. The van der Waals surface area contributed by atoms with Gasteiger partial charge in [0.15, 0.2) is 0 Å². The molecule has 1 atom stereocenters. The van der Waals surface area contributed by atoms with Crippen LogP contribution in [0.3, 0.4) is 0 Å². The van der Waals surface area contributed by atoms with Crippen molar-refractivity contribution in [1.82, 2.24) is 4.90 Å². The largest absolute Gasteiger partial charge is 0.489 e. The molecule has 0 bridgehead atoms. The fourth-order valence-corrected chi connectivity index (χ4v) is 6.57. The number of hydrogen-bond acceptors (Lipinski definition) is 5. The van der Waals surface area contributed by atoms with Crippen LogP contribution in [0.2, 0.25) is 5.02 Å². The van der Waals surface area contributed by atoms with E-state index in [9.17, 15) is 10.1 Å². The van der Waals surface area contributed by atoms with E-state index in [0.717, 1.165) is 21.8 Å². The topological polar surface area (TPSA) is 56.6 Å². The van der Waals surface area contributed by atoms with Gasteiger partial charge in [0.1, 0.15) is 12.4 Å². The summed E-state index contributed by atoms with van der Waals surface area (Å²) in [6.07, 6.45) is 0.270. The van der Waals surface area contributed by atoms with Crippen LogP contribution < -0.4 is 9.64 Å². The van der Waals surface area contributed by atoms with E-state index in [0.29, 0.717) is 35.5 Å². The lowest BCUT2D eigenvalue weighted by Crippen LogP contribution is -2.47. The Morgan fingerprint density at radius 3 is 2.46 bits per heavy atom. The summed E-state index contributed by atoms with van der Waals surface area (Å²) in [6.45, 7) is 7.15. The van der Waals surface area contributed by atoms with Gasteiger partial charge in [-0.2, -0.15) is 5.26 Å². The molecule has 7 heteroatoms. The number of nitriles is 1. The van der Waals surface area contributed by atoms with Crippen molar-refractivity contribution in [2.75, 3.05) is 17.4 Å². The van der Waals surface area contributed by atoms with Crippen molar-refractivity contribution in [2.45, 2.75) is 39.7 Å². The zero-order chi connectivity index (χ0) is 26.1. The molecule has 2 aliphatic heterocycles. The Kier molecular flexibility index (Phi) is 7.19. The maximum atomic E-state index is 13.3. The summed E-state index contributed by atoms with van der Waals surface area (Å²) in [5.41, 5.74) is 7.31. The summed E-state index contributed by atoms with van der Waals surface area (Å²) in [5.74, 6) is 1.18. The predicted octanol–water partition coefficient (Wildman–Crippen LogP) is 7.06. The number of allylic oxidation sites excluding steroid dienone is 1. The third kappa shape index (κ3) is 5.07. The van der Waals surface area contributed by atoms with Crippen LogP contribution in [0.4, 0.5) is 5.69 Å². The molecule has 5 rings (SSSR count). The van der Waals surface area contributed by atoms with Gasteiger partial charge in [-0.05, 0) is 55.7 Å². The minimum atomic E-state index is -0.261. The zero-order valence-electron chi connectivity index (χ0n) is 21.1. The number of carbonyl (C=O) groups excluding carboxylic acids is 1. The molecule has 37 heavy (non-hydrogen) atoms. The molecule has 2 aliphatic rings. The highest BCUT2D eigenvalue weighted by Gasteiger charge is 2.38. The monoisotopic (exact) mass is 529 g/mol. The molecule has 3 aromatic carbocycles. The fourth-order valence-electron chi connectivity index (χ4n) is 5.23. The van der Waals surface area contributed by atoms with Crippen molar-refractivity contribution in [2.24, 2.45) is 0 Å². The first-order valence-electron chi connectivity index (χ1n) is 12.2. The maximum absolute atomic E-state index is 13.3. The van der Waals surface area contributed by atoms with Crippen LogP contribution in [0.5, 0.6) is 5.75 Å². The summed E-state index contributed by atoms with van der Waals surface area (Å²) in [6, 6.07) is 22.1. The van der Waals surface area contributed by atoms with Gasteiger partial charge in [0.05, 0.1) is 29.2 Å². The molecule has 1 fully saturated rings. The first kappa shape index (κ1) is 25.3. The van der Waals surface area contributed by atoms with E-state index in [-0.39, 0.29) is 18.2 Å². The predicted molar refractivity (Wildman–Crippen MR) is 150 cm³/mol. The number of halogens is 1. The summed E-state index contributed by atoms with van der Waals surface area (Å²) >= 11 is 7.80. The Morgan fingerprint density at radius 2 is 1.78 bits per heavy atom. The smallest absolute Gasteiger partial charge is 0.229 e. The summed E-state index contributed by atoms with van der Waals surface area (Å²) in [4.78, 5) is 17.4. The second-order valence-corrected chi connectivity index (χ2v) is 10.9. The Bertz CT molecular complexity index is 1400. The molecule has 0 N–H and O–H groups in total. The fraction of sp³-hybridized carbons (Fsp3) is 0.267. The van der Waals surface area contributed by atoms with Gasteiger partial charge >= 0.3 is 0 Å². The number of anilines is 1. The minimum absolute atomic E-state index is 0.0395. The van der Waals surface area contributed by atoms with Crippen molar-refractivity contribution < 1.29 is 9.53 Å². The molecule has 0 radical (unpaired) electrons. The zero-order valence-corrected chi connectivity index (χ0v) is 22.7. The average Bonchev–Trinajstić information content (AvgIpc) is 2.88. The molecule has 0 spiro atoms. The van der Waals surface area contributed by atoms with E-state index in [1.807, 2.05) is 48.5 Å². The molecule has 0 saturated carbocycles. The molecule has 0 unspecified atom stereocenters. The van der Waals surface area contributed by atoms with Crippen LogP contribution in [-0.2, 0) is 11.4 Å². The van der Waals surface area contributed by atoms with Crippen LogP contribution in [0.1, 0.15) is 40.2 Å². The molecule has 188 valence electrons. The third-order valence-electron chi connectivity index (χ3n) is 6.88. The molecule has 1 amide bonds.